The van der Waals surface area contributed by atoms with Gasteiger partial charge in [-0.25, -0.2) is 19.9 Å². The van der Waals surface area contributed by atoms with Gasteiger partial charge in [-0.3, -0.25) is 24.0 Å². The Morgan fingerprint density at radius 2 is 1.23 bits per heavy atom. The van der Waals surface area contributed by atoms with E-state index < -0.39 is 76.8 Å². The van der Waals surface area contributed by atoms with E-state index in [1.54, 1.807) is 109 Å². The van der Waals surface area contributed by atoms with Crippen LogP contribution < -0.4 is 38.2 Å². The number of phenols is 1. The molecule has 1 aliphatic heterocycles. The molecule has 0 radical (unpaired) electrons. The van der Waals surface area contributed by atoms with Crippen molar-refractivity contribution in [3.8, 4) is 5.75 Å². The number of nitrogens with two attached hydrogens (primary N) is 2. The molecule has 66 heavy (non-hydrogen) atoms. The van der Waals surface area contributed by atoms with Crippen molar-refractivity contribution < 1.29 is 43.6 Å². The number of nitrogens with zero attached hydrogens (tertiary/aromatic N) is 3. The molecule has 20 nitrogen and oxygen atoms in total. The van der Waals surface area contributed by atoms with E-state index in [0.29, 0.717) is 28.7 Å². The van der Waals surface area contributed by atoms with Gasteiger partial charge in [0, 0.05) is 32.4 Å². The highest BCUT2D eigenvalue weighted by atomic mass is 16.7. The minimum Gasteiger partial charge on any atom is -0.508 e. The molecule has 1 aliphatic rings. The zero-order valence-electron chi connectivity index (χ0n) is 36.0. The summed E-state index contributed by atoms with van der Waals surface area (Å²) in [7, 11) is 0. The van der Waals surface area contributed by atoms with Crippen LogP contribution in [0.1, 0.15) is 47.9 Å². The highest BCUT2D eigenvalue weighted by Gasteiger charge is 2.39. The van der Waals surface area contributed by atoms with Gasteiger partial charge in [-0.1, -0.05) is 109 Å². The maximum absolute atomic E-state index is 14.4. The van der Waals surface area contributed by atoms with E-state index in [0.717, 1.165) is 0 Å². The molecule has 4 aromatic carbocycles. The Morgan fingerprint density at radius 1 is 0.712 bits per heavy atom. The zero-order valence-corrected chi connectivity index (χ0v) is 36.0. The molecule has 0 aliphatic carbocycles. The topological polar surface area (TPSA) is 303 Å². The van der Waals surface area contributed by atoms with Crippen LogP contribution in [0.15, 0.2) is 120 Å². The van der Waals surface area contributed by atoms with E-state index in [4.69, 9.17) is 16.2 Å². The van der Waals surface area contributed by atoms with E-state index in [9.17, 15) is 44.0 Å². The van der Waals surface area contributed by atoms with Crippen molar-refractivity contribution in [1.82, 2.24) is 31.6 Å². The number of alkyl carbamates (subject to hydrolysis) is 1. The lowest BCUT2D eigenvalue weighted by molar-refractivity contribution is -0.525. The molecular weight excluding hydrogens is 853 g/mol. The molecule has 0 aromatic heterocycles. The van der Waals surface area contributed by atoms with Crippen molar-refractivity contribution in [3.05, 3.63) is 148 Å². The minimum atomic E-state index is -1.26. The van der Waals surface area contributed by atoms with Crippen LogP contribution in [-0.4, -0.2) is 99.9 Å². The number of hydrogen-bond acceptors (Lipinski definition) is 11. The molecule has 1 saturated heterocycles. The predicted molar refractivity (Wildman–Crippen MR) is 241 cm³/mol. The van der Waals surface area contributed by atoms with Gasteiger partial charge < -0.3 is 47.5 Å². The molecule has 1 fully saturated rings. The van der Waals surface area contributed by atoms with Crippen LogP contribution in [0.4, 0.5) is 4.79 Å². The molecule has 5 rings (SSSR count). The first-order valence-corrected chi connectivity index (χ1v) is 21.3. The standard InChI is InChI=1S/C46H54N10O10/c47-40(58)36(26-32-20-22-34(57)23-21-32)50-41(59)37(27-30-12-4-1-5-13-30)51-42(60)38(28-31-14-6-2-7-15-31)52-43(61)39-19-11-25-55(39)44(62)35(18-10-24-49-45(48)54-56(64)65)53-46(63)66-29-33-16-8-3-9-17-33/h1-9,12-17,20-23,35-39,57H,10-11,18-19,24-29H2,(H2,47,58)(H,50,59)(H,51,60)(H,52,61)(H,53,63)(H3,48,49,54)/t35-,36-,37-,38-,39-/m0/s1. The quantitative estimate of drug-likeness (QED) is 0.0183. The van der Waals surface area contributed by atoms with Crippen LogP contribution in [-0.2, 0) is 54.6 Å². The van der Waals surface area contributed by atoms with E-state index in [1.807, 2.05) is 0 Å². The maximum Gasteiger partial charge on any atom is 0.408 e. The lowest BCUT2D eigenvalue weighted by Gasteiger charge is -2.30. The lowest BCUT2D eigenvalue weighted by atomic mass is 10.0. The molecule has 1 heterocycles. The summed E-state index contributed by atoms with van der Waals surface area (Å²) in [6.45, 7) is 0.0221. The largest absolute Gasteiger partial charge is 0.508 e. The number of likely N-dealkylation sites (tertiary alicyclic amines) is 1. The molecule has 0 unspecified atom stereocenters. The number of aliphatic imine (C=N–C) groups is 1. The molecule has 6 amide bonds. The second kappa shape index (κ2) is 24.7. The molecule has 20 heteroatoms. The number of amides is 6. The first-order valence-electron chi connectivity index (χ1n) is 21.3. The highest BCUT2D eigenvalue weighted by Crippen LogP contribution is 2.21. The maximum atomic E-state index is 14.4. The van der Waals surface area contributed by atoms with Crippen molar-refractivity contribution in [2.45, 2.75) is 81.8 Å². The molecule has 4 aromatic rings. The van der Waals surface area contributed by atoms with E-state index in [1.165, 1.54) is 17.0 Å². The summed E-state index contributed by atoms with van der Waals surface area (Å²) < 4.78 is 5.38. The van der Waals surface area contributed by atoms with Crippen LogP contribution in [0.2, 0.25) is 0 Å². The van der Waals surface area contributed by atoms with Crippen molar-refractivity contribution in [2.75, 3.05) is 13.1 Å². The number of nitro groups is 1. The smallest absolute Gasteiger partial charge is 0.408 e. The second-order valence-corrected chi connectivity index (χ2v) is 15.6. The SMILES string of the molecule is NC(=O)[C@H](Cc1ccc(O)cc1)NC(=O)[C@H](Cc1ccccc1)NC(=O)[C@H](Cc1ccccc1)NC(=O)[C@@H]1CCCN1C(=O)[C@H](CCCN=C(N)N[N+](=O)[O-])NC(=O)OCc1ccccc1. The third-order valence-corrected chi connectivity index (χ3v) is 10.6. The summed E-state index contributed by atoms with van der Waals surface area (Å²) in [6, 6.07) is 26.7. The lowest BCUT2D eigenvalue weighted by Crippen LogP contribution is -2.59. The van der Waals surface area contributed by atoms with Gasteiger partial charge in [-0.15, -0.1) is 0 Å². The summed E-state index contributed by atoms with van der Waals surface area (Å²) in [5.41, 5.74) is 15.7. The number of carbonyl (C=O) groups is 6. The number of primary amides is 1. The van der Waals surface area contributed by atoms with Crippen LogP contribution in [0, 0.1) is 10.1 Å². The van der Waals surface area contributed by atoms with Crippen molar-refractivity contribution in [1.29, 1.82) is 0 Å². The Morgan fingerprint density at radius 3 is 1.79 bits per heavy atom. The number of benzene rings is 4. The first-order chi connectivity index (χ1) is 31.7. The van der Waals surface area contributed by atoms with Crippen molar-refractivity contribution in [2.24, 2.45) is 16.5 Å². The number of carbonyl (C=O) groups excluding carboxylic acids is 6. The Hall–Kier alpha value is -8.03. The summed E-state index contributed by atoms with van der Waals surface area (Å²) in [4.78, 5) is 98.5. The Kier molecular flexibility index (Phi) is 18.3. The summed E-state index contributed by atoms with van der Waals surface area (Å²) in [6.07, 6.45) is -0.101. The number of phenolic OH excluding ortho intramolecular Hbond substituents is 1. The zero-order chi connectivity index (χ0) is 47.4. The monoisotopic (exact) mass is 906 g/mol. The number of aromatic hydroxyl groups is 1. The van der Waals surface area contributed by atoms with Crippen molar-refractivity contribution >= 4 is 41.6 Å². The van der Waals surface area contributed by atoms with Gasteiger partial charge in [-0.2, -0.15) is 0 Å². The van der Waals surface area contributed by atoms with Gasteiger partial charge in [0.2, 0.25) is 29.5 Å². The fraction of sp³-hybridized carbons (Fsp3) is 0.326. The third kappa shape index (κ3) is 15.6. The molecule has 10 N–H and O–H groups in total. The average molecular weight is 907 g/mol. The van der Waals surface area contributed by atoms with Gasteiger partial charge >= 0.3 is 6.09 Å². The summed E-state index contributed by atoms with van der Waals surface area (Å²) in [5.74, 6) is -3.95. The van der Waals surface area contributed by atoms with Crippen molar-refractivity contribution in [3.63, 3.8) is 0 Å². The Balaban J connectivity index is 1.34. The fourth-order valence-corrected chi connectivity index (χ4v) is 7.31. The molecule has 0 spiro atoms. The normalized spacial score (nSPS) is 15.2. The van der Waals surface area contributed by atoms with Gasteiger partial charge in [0.15, 0.2) is 5.03 Å². The fourth-order valence-electron chi connectivity index (χ4n) is 7.31. The minimum absolute atomic E-state index is 0.00406. The van der Waals surface area contributed by atoms with Crippen LogP contribution in [0.25, 0.3) is 0 Å². The first kappa shape index (κ1) is 49.0. The van der Waals surface area contributed by atoms with Crippen LogP contribution in [0.3, 0.4) is 0 Å². The number of rotatable bonds is 22. The molecule has 5 atom stereocenters. The Bertz CT molecular complexity index is 2300. The van der Waals surface area contributed by atoms with E-state index in [-0.39, 0.29) is 64.0 Å². The number of hydrazine groups is 1. The van der Waals surface area contributed by atoms with Gasteiger partial charge in [0.05, 0.1) is 0 Å². The van der Waals surface area contributed by atoms with Crippen LogP contribution >= 0.6 is 0 Å². The summed E-state index contributed by atoms with van der Waals surface area (Å²) in [5, 5.41) is 30.5. The summed E-state index contributed by atoms with van der Waals surface area (Å²) >= 11 is 0. The van der Waals surface area contributed by atoms with Gasteiger partial charge in [0.1, 0.15) is 42.6 Å². The molecule has 0 bridgehead atoms. The van der Waals surface area contributed by atoms with Gasteiger partial charge in [-0.05, 0) is 60.1 Å². The van der Waals surface area contributed by atoms with Gasteiger partial charge in [0.25, 0.3) is 5.96 Å². The number of ether oxygens (including phenoxy) is 1. The number of guanidine groups is 1. The predicted octanol–water partition coefficient (Wildman–Crippen LogP) is 1.52. The number of nitrogens with one attached hydrogen (secondary N) is 5. The number of hydrogen-bond donors (Lipinski definition) is 8. The third-order valence-electron chi connectivity index (χ3n) is 10.6. The van der Waals surface area contributed by atoms with E-state index >= 15 is 0 Å². The van der Waals surface area contributed by atoms with Crippen LogP contribution in [0.5, 0.6) is 5.75 Å². The second-order valence-electron chi connectivity index (χ2n) is 15.6. The molecule has 0 saturated carbocycles. The average Bonchev–Trinajstić information content (AvgIpc) is 3.80. The Labute approximate surface area is 380 Å². The molecule has 348 valence electrons. The molecular formula is C46H54N10O10. The highest BCUT2D eigenvalue weighted by molar-refractivity contribution is 5.96. The van der Waals surface area contributed by atoms with E-state index in [2.05, 4.69) is 26.3 Å².